The normalized spacial score (nSPS) is 16.9. The lowest BCUT2D eigenvalue weighted by Crippen LogP contribution is -2.14. The van der Waals surface area contributed by atoms with Crippen LogP contribution in [0.25, 0.3) is 0 Å². The highest BCUT2D eigenvalue weighted by Gasteiger charge is 2.32. The molecular formula is C11H11F2NO3. The van der Waals surface area contributed by atoms with Gasteiger partial charge in [-0.25, -0.2) is 4.39 Å². The Morgan fingerprint density at radius 1 is 1.47 bits per heavy atom. The van der Waals surface area contributed by atoms with Gasteiger partial charge in [-0.05, 0) is 24.8 Å². The monoisotopic (exact) mass is 243 g/mol. The minimum Gasteiger partial charge on any atom is -0.392 e. The van der Waals surface area contributed by atoms with Crippen molar-refractivity contribution in [1.82, 2.24) is 0 Å². The van der Waals surface area contributed by atoms with Crippen LogP contribution in [0.5, 0.6) is 0 Å². The van der Waals surface area contributed by atoms with Crippen LogP contribution in [-0.4, -0.2) is 16.1 Å². The van der Waals surface area contributed by atoms with E-state index in [0.29, 0.717) is 6.07 Å². The summed E-state index contributed by atoms with van der Waals surface area (Å²) in [7, 11) is 0. The molecule has 0 aromatic heterocycles. The van der Waals surface area contributed by atoms with Crippen molar-refractivity contribution in [1.29, 1.82) is 0 Å². The van der Waals surface area contributed by atoms with Gasteiger partial charge in [-0.3, -0.25) is 10.1 Å². The van der Waals surface area contributed by atoms with Crippen LogP contribution in [0.3, 0.4) is 0 Å². The number of nitro groups is 1. The third kappa shape index (κ3) is 2.58. The average molecular weight is 243 g/mol. The van der Waals surface area contributed by atoms with E-state index in [1.165, 1.54) is 0 Å². The molecule has 0 saturated heterocycles. The second kappa shape index (κ2) is 4.37. The zero-order chi connectivity index (χ0) is 12.6. The minimum atomic E-state index is -1.20. The Morgan fingerprint density at radius 3 is 2.65 bits per heavy atom. The molecule has 1 saturated carbocycles. The van der Waals surface area contributed by atoms with Crippen LogP contribution in [0.2, 0.25) is 0 Å². The lowest BCUT2D eigenvalue weighted by Gasteiger charge is -2.09. The quantitative estimate of drug-likeness (QED) is 0.651. The molecule has 0 spiro atoms. The first-order valence-electron chi connectivity index (χ1n) is 5.29. The Kier molecular flexibility index (Phi) is 3.06. The molecular weight excluding hydrogens is 232 g/mol. The standard InChI is InChI=1S/C11H11F2NO3/c12-8-3-7(4-10(15)6-1-2-6)11(14(16)17)9(13)5-8/h3,5-6,10,15H,1-2,4H2. The lowest BCUT2D eigenvalue weighted by atomic mass is 10.0. The summed E-state index contributed by atoms with van der Waals surface area (Å²) >= 11 is 0. The number of hydrogen-bond acceptors (Lipinski definition) is 3. The maximum Gasteiger partial charge on any atom is 0.308 e. The average Bonchev–Trinajstić information content (AvgIpc) is 2.97. The van der Waals surface area contributed by atoms with Crippen LogP contribution in [0.15, 0.2) is 12.1 Å². The molecule has 1 unspecified atom stereocenters. The highest BCUT2D eigenvalue weighted by molar-refractivity contribution is 5.42. The summed E-state index contributed by atoms with van der Waals surface area (Å²) in [5.41, 5.74) is -0.835. The van der Waals surface area contributed by atoms with Gasteiger partial charge in [-0.15, -0.1) is 0 Å². The second-order valence-corrected chi connectivity index (χ2v) is 4.26. The molecule has 2 rings (SSSR count). The summed E-state index contributed by atoms with van der Waals surface area (Å²) in [6.07, 6.45) is 0.852. The molecule has 1 fully saturated rings. The predicted molar refractivity (Wildman–Crippen MR) is 55.4 cm³/mol. The number of aliphatic hydroxyl groups excluding tert-OH is 1. The molecule has 1 aromatic carbocycles. The van der Waals surface area contributed by atoms with Crippen LogP contribution in [-0.2, 0) is 6.42 Å². The number of benzene rings is 1. The lowest BCUT2D eigenvalue weighted by molar-refractivity contribution is -0.388. The molecule has 0 aliphatic heterocycles. The Bertz CT molecular complexity index is 460. The molecule has 0 bridgehead atoms. The highest BCUT2D eigenvalue weighted by Crippen LogP contribution is 2.35. The van der Waals surface area contributed by atoms with Gasteiger partial charge >= 0.3 is 5.69 Å². The second-order valence-electron chi connectivity index (χ2n) is 4.26. The number of rotatable bonds is 4. The van der Waals surface area contributed by atoms with E-state index in [1.54, 1.807) is 0 Å². The summed E-state index contributed by atoms with van der Waals surface area (Å²) in [4.78, 5) is 9.80. The van der Waals surface area contributed by atoms with Crippen LogP contribution in [0.1, 0.15) is 18.4 Å². The summed E-state index contributed by atoms with van der Waals surface area (Å²) in [5.74, 6) is -1.97. The Balaban J connectivity index is 2.32. The van der Waals surface area contributed by atoms with Crippen LogP contribution in [0.4, 0.5) is 14.5 Å². The first-order valence-corrected chi connectivity index (χ1v) is 5.29. The Labute approximate surface area is 96.0 Å². The smallest absolute Gasteiger partial charge is 0.308 e. The third-order valence-corrected chi connectivity index (χ3v) is 2.88. The van der Waals surface area contributed by atoms with E-state index in [4.69, 9.17) is 0 Å². The van der Waals surface area contributed by atoms with Gasteiger partial charge in [-0.1, -0.05) is 0 Å². The highest BCUT2D eigenvalue weighted by atomic mass is 19.1. The molecule has 17 heavy (non-hydrogen) atoms. The molecule has 4 nitrogen and oxygen atoms in total. The summed E-state index contributed by atoms with van der Waals surface area (Å²) < 4.78 is 26.3. The maximum atomic E-state index is 13.3. The number of nitrogens with zero attached hydrogens (tertiary/aromatic N) is 1. The van der Waals surface area contributed by atoms with Crippen molar-refractivity contribution < 1.29 is 18.8 Å². The Hall–Kier alpha value is -1.56. The molecule has 6 heteroatoms. The fourth-order valence-corrected chi connectivity index (χ4v) is 1.85. The van der Waals surface area contributed by atoms with E-state index in [0.717, 1.165) is 18.9 Å². The summed E-state index contributed by atoms with van der Waals surface area (Å²) in [5, 5.41) is 20.3. The third-order valence-electron chi connectivity index (χ3n) is 2.88. The van der Waals surface area contributed by atoms with Gasteiger partial charge in [0, 0.05) is 18.1 Å². The van der Waals surface area contributed by atoms with Gasteiger partial charge < -0.3 is 5.11 Å². The SMILES string of the molecule is O=[N+]([O-])c1c(F)cc(F)cc1CC(O)C1CC1. The van der Waals surface area contributed by atoms with Gasteiger partial charge in [0.15, 0.2) is 0 Å². The number of hydrogen-bond donors (Lipinski definition) is 1. The fourth-order valence-electron chi connectivity index (χ4n) is 1.85. The van der Waals surface area contributed by atoms with Crippen molar-refractivity contribution in [2.75, 3.05) is 0 Å². The van der Waals surface area contributed by atoms with Crippen molar-refractivity contribution in [3.63, 3.8) is 0 Å². The van der Waals surface area contributed by atoms with E-state index in [1.807, 2.05) is 0 Å². The number of aliphatic hydroxyl groups is 1. The zero-order valence-electron chi connectivity index (χ0n) is 8.90. The summed E-state index contributed by atoms with van der Waals surface area (Å²) in [6.45, 7) is 0. The molecule has 1 N–H and O–H groups in total. The molecule has 1 aliphatic rings. The molecule has 0 heterocycles. The largest absolute Gasteiger partial charge is 0.392 e. The van der Waals surface area contributed by atoms with Crippen molar-refractivity contribution in [2.24, 2.45) is 5.92 Å². The van der Waals surface area contributed by atoms with Crippen molar-refractivity contribution in [3.05, 3.63) is 39.4 Å². The van der Waals surface area contributed by atoms with E-state index in [9.17, 15) is 24.0 Å². The van der Waals surface area contributed by atoms with Crippen molar-refractivity contribution in [3.8, 4) is 0 Å². The molecule has 1 aliphatic carbocycles. The topological polar surface area (TPSA) is 63.4 Å². The molecule has 92 valence electrons. The summed E-state index contributed by atoms with van der Waals surface area (Å²) in [6, 6.07) is 1.39. The van der Waals surface area contributed by atoms with E-state index in [-0.39, 0.29) is 17.9 Å². The van der Waals surface area contributed by atoms with Crippen LogP contribution < -0.4 is 0 Å². The first-order chi connectivity index (χ1) is 7.99. The van der Waals surface area contributed by atoms with Crippen molar-refractivity contribution in [2.45, 2.75) is 25.4 Å². The molecule has 0 radical (unpaired) electrons. The van der Waals surface area contributed by atoms with E-state index in [2.05, 4.69) is 0 Å². The zero-order valence-corrected chi connectivity index (χ0v) is 8.90. The van der Waals surface area contributed by atoms with E-state index < -0.39 is 28.3 Å². The molecule has 1 atom stereocenters. The molecule has 1 aromatic rings. The van der Waals surface area contributed by atoms with Crippen molar-refractivity contribution >= 4 is 5.69 Å². The number of halogens is 2. The van der Waals surface area contributed by atoms with Gasteiger partial charge in [0.25, 0.3) is 0 Å². The van der Waals surface area contributed by atoms with Gasteiger partial charge in [-0.2, -0.15) is 4.39 Å². The van der Waals surface area contributed by atoms with E-state index >= 15 is 0 Å². The predicted octanol–water partition coefficient (Wildman–Crippen LogP) is 2.19. The molecule has 0 amide bonds. The number of nitro benzene ring substituents is 1. The Morgan fingerprint density at radius 2 is 2.12 bits per heavy atom. The van der Waals surface area contributed by atoms with Gasteiger partial charge in [0.1, 0.15) is 5.82 Å². The van der Waals surface area contributed by atoms with Gasteiger partial charge in [0.05, 0.1) is 11.0 Å². The van der Waals surface area contributed by atoms with Crippen LogP contribution in [0, 0.1) is 27.7 Å². The first kappa shape index (κ1) is 11.9. The fraction of sp³-hybridized carbons (Fsp3) is 0.455. The maximum absolute atomic E-state index is 13.3. The van der Waals surface area contributed by atoms with Gasteiger partial charge in [0.2, 0.25) is 5.82 Å². The minimum absolute atomic E-state index is 0.0876. The van der Waals surface area contributed by atoms with Crippen LogP contribution >= 0.6 is 0 Å².